The average molecular weight is 488 g/mol. The molecule has 7 heteroatoms. The van der Waals surface area contributed by atoms with Crippen LogP contribution in [0, 0.1) is 0 Å². The van der Waals surface area contributed by atoms with Gasteiger partial charge in [0.05, 0.1) is 18.2 Å². The normalized spacial score (nSPS) is 11.0. The molecule has 26 heavy (non-hydrogen) atoms. The maximum atomic E-state index is 5.66. The highest BCUT2D eigenvalue weighted by Crippen LogP contribution is 2.18. The van der Waals surface area contributed by atoms with Crippen molar-refractivity contribution in [3.63, 3.8) is 0 Å². The number of aromatic nitrogens is 1. The van der Waals surface area contributed by atoms with Gasteiger partial charge >= 0.3 is 0 Å². The second kappa shape index (κ2) is 12.9. The maximum absolute atomic E-state index is 5.66. The Morgan fingerprint density at radius 3 is 2.69 bits per heavy atom. The third-order valence-corrected chi connectivity index (χ3v) is 4.81. The van der Waals surface area contributed by atoms with Gasteiger partial charge in [-0.1, -0.05) is 25.1 Å². The van der Waals surface area contributed by atoms with Crippen molar-refractivity contribution in [2.45, 2.75) is 40.2 Å². The number of aliphatic imine (C=N–C) groups is 1. The summed E-state index contributed by atoms with van der Waals surface area (Å²) in [5.41, 5.74) is 1.09. The minimum absolute atomic E-state index is 0. The number of benzene rings is 1. The van der Waals surface area contributed by atoms with Crippen LogP contribution in [0.1, 0.15) is 36.2 Å². The summed E-state index contributed by atoms with van der Waals surface area (Å²) in [4.78, 5) is 10.5. The van der Waals surface area contributed by atoms with Crippen molar-refractivity contribution in [2.24, 2.45) is 4.99 Å². The van der Waals surface area contributed by atoms with Crippen LogP contribution in [0.2, 0.25) is 0 Å². The highest BCUT2D eigenvalue weighted by molar-refractivity contribution is 14.0. The van der Waals surface area contributed by atoms with E-state index in [0.29, 0.717) is 13.2 Å². The van der Waals surface area contributed by atoms with Gasteiger partial charge in [0, 0.05) is 36.1 Å². The fourth-order valence-electron chi connectivity index (χ4n) is 2.35. The van der Waals surface area contributed by atoms with Gasteiger partial charge in [0.25, 0.3) is 0 Å². The van der Waals surface area contributed by atoms with Crippen LogP contribution in [0.25, 0.3) is 0 Å². The lowest BCUT2D eigenvalue weighted by Crippen LogP contribution is -2.38. The quantitative estimate of drug-likeness (QED) is 0.318. The predicted octanol–water partition coefficient (Wildman–Crippen LogP) is 4.02. The standard InChI is InChI=1S/C19H28N4OS.HI/c1-4-16-14-22-18(25-16)11-12-21-19(20-5-2)23-13-15-9-7-8-10-17(15)24-6-3;/h7-10,14H,4-6,11-13H2,1-3H3,(H2,20,21,23);1H. The average Bonchev–Trinajstić information content (AvgIpc) is 3.09. The van der Waals surface area contributed by atoms with Crippen molar-refractivity contribution in [1.29, 1.82) is 0 Å². The van der Waals surface area contributed by atoms with Crippen molar-refractivity contribution in [3.05, 3.63) is 45.9 Å². The number of thiazole rings is 1. The van der Waals surface area contributed by atoms with E-state index in [4.69, 9.17) is 4.74 Å². The van der Waals surface area contributed by atoms with Crippen LogP contribution in [0.5, 0.6) is 5.75 Å². The van der Waals surface area contributed by atoms with Crippen LogP contribution in [-0.2, 0) is 19.4 Å². The van der Waals surface area contributed by atoms with Gasteiger partial charge in [-0.3, -0.25) is 0 Å². The second-order valence-corrected chi connectivity index (χ2v) is 6.69. The zero-order chi connectivity index (χ0) is 17.9. The third-order valence-electron chi connectivity index (χ3n) is 3.61. The molecule has 2 aromatic rings. The van der Waals surface area contributed by atoms with E-state index < -0.39 is 0 Å². The van der Waals surface area contributed by atoms with E-state index in [0.717, 1.165) is 43.2 Å². The second-order valence-electron chi connectivity index (χ2n) is 5.49. The number of hydrogen-bond donors (Lipinski definition) is 2. The van der Waals surface area contributed by atoms with E-state index in [-0.39, 0.29) is 24.0 Å². The van der Waals surface area contributed by atoms with E-state index in [2.05, 4.69) is 40.5 Å². The first-order valence-corrected chi connectivity index (χ1v) is 9.74. The van der Waals surface area contributed by atoms with Crippen LogP contribution < -0.4 is 15.4 Å². The number of guanidine groups is 1. The molecule has 0 bridgehead atoms. The van der Waals surface area contributed by atoms with E-state index in [1.807, 2.05) is 31.3 Å². The molecule has 0 aliphatic carbocycles. The van der Waals surface area contributed by atoms with E-state index >= 15 is 0 Å². The Morgan fingerprint density at radius 2 is 2.00 bits per heavy atom. The zero-order valence-electron chi connectivity index (χ0n) is 15.7. The minimum Gasteiger partial charge on any atom is -0.494 e. The lowest BCUT2D eigenvalue weighted by atomic mass is 10.2. The topological polar surface area (TPSA) is 58.5 Å². The first-order valence-electron chi connectivity index (χ1n) is 8.93. The molecule has 0 amide bonds. The molecule has 0 saturated carbocycles. The molecular weight excluding hydrogens is 459 g/mol. The Hall–Kier alpha value is -1.35. The highest BCUT2D eigenvalue weighted by atomic mass is 127. The number of aryl methyl sites for hydroxylation is 1. The molecule has 0 aliphatic heterocycles. The van der Waals surface area contributed by atoms with Crippen molar-refractivity contribution < 1.29 is 4.74 Å². The van der Waals surface area contributed by atoms with Crippen LogP contribution in [0.15, 0.2) is 35.5 Å². The van der Waals surface area contributed by atoms with Crippen molar-refractivity contribution in [2.75, 3.05) is 19.7 Å². The summed E-state index contributed by atoms with van der Waals surface area (Å²) < 4.78 is 5.66. The molecule has 5 nitrogen and oxygen atoms in total. The van der Waals surface area contributed by atoms with Crippen LogP contribution in [0.4, 0.5) is 0 Å². The molecule has 0 atom stereocenters. The van der Waals surface area contributed by atoms with Gasteiger partial charge in [0.2, 0.25) is 0 Å². The molecule has 0 radical (unpaired) electrons. The van der Waals surface area contributed by atoms with Crippen LogP contribution >= 0.6 is 35.3 Å². The van der Waals surface area contributed by atoms with Gasteiger partial charge in [-0.25, -0.2) is 9.98 Å². The summed E-state index contributed by atoms with van der Waals surface area (Å²) >= 11 is 1.79. The number of para-hydroxylation sites is 1. The van der Waals surface area contributed by atoms with Crippen molar-refractivity contribution in [1.82, 2.24) is 15.6 Å². The summed E-state index contributed by atoms with van der Waals surface area (Å²) in [6.07, 6.45) is 3.93. The Kier molecular flexibility index (Phi) is 11.3. The van der Waals surface area contributed by atoms with Crippen LogP contribution in [0.3, 0.4) is 0 Å². The molecular formula is C19H29IN4OS. The van der Waals surface area contributed by atoms with Gasteiger partial charge < -0.3 is 15.4 Å². The minimum atomic E-state index is 0. The van der Waals surface area contributed by atoms with Crippen molar-refractivity contribution in [3.8, 4) is 5.75 Å². The van der Waals surface area contributed by atoms with Gasteiger partial charge in [-0.2, -0.15) is 0 Å². The molecule has 0 unspecified atom stereocenters. The summed E-state index contributed by atoms with van der Waals surface area (Å²) in [6, 6.07) is 8.05. The first kappa shape index (κ1) is 22.7. The fraction of sp³-hybridized carbons (Fsp3) is 0.474. The van der Waals surface area contributed by atoms with E-state index in [1.54, 1.807) is 11.3 Å². The molecule has 0 spiro atoms. The lowest BCUT2D eigenvalue weighted by molar-refractivity contribution is 0.336. The summed E-state index contributed by atoms with van der Waals surface area (Å²) in [6.45, 7) is 9.11. The Labute approximate surface area is 177 Å². The number of hydrogen-bond acceptors (Lipinski definition) is 4. The van der Waals surface area contributed by atoms with E-state index in [9.17, 15) is 0 Å². The van der Waals surface area contributed by atoms with Gasteiger partial charge in [0.15, 0.2) is 5.96 Å². The molecule has 1 aromatic carbocycles. The maximum Gasteiger partial charge on any atom is 0.191 e. The highest BCUT2D eigenvalue weighted by Gasteiger charge is 2.04. The van der Waals surface area contributed by atoms with Crippen molar-refractivity contribution >= 4 is 41.3 Å². The molecule has 2 N–H and O–H groups in total. The molecule has 0 saturated heterocycles. The van der Waals surface area contributed by atoms with Gasteiger partial charge in [-0.15, -0.1) is 35.3 Å². The number of nitrogens with one attached hydrogen (secondary N) is 2. The molecule has 1 heterocycles. The smallest absolute Gasteiger partial charge is 0.191 e. The number of nitrogens with zero attached hydrogens (tertiary/aromatic N) is 2. The Balaban J connectivity index is 0.00000338. The van der Waals surface area contributed by atoms with Gasteiger partial charge in [0.1, 0.15) is 5.75 Å². The molecule has 0 fully saturated rings. The zero-order valence-corrected chi connectivity index (χ0v) is 18.9. The largest absolute Gasteiger partial charge is 0.494 e. The number of ether oxygens (including phenoxy) is 1. The molecule has 0 aliphatic rings. The summed E-state index contributed by atoms with van der Waals surface area (Å²) in [5, 5.41) is 7.84. The molecule has 144 valence electrons. The molecule has 1 aromatic heterocycles. The Morgan fingerprint density at radius 1 is 1.19 bits per heavy atom. The molecule has 2 rings (SSSR count). The summed E-state index contributed by atoms with van der Waals surface area (Å²) in [7, 11) is 0. The monoisotopic (exact) mass is 488 g/mol. The number of halogens is 1. The Bertz CT molecular complexity index is 675. The first-order chi connectivity index (χ1) is 12.3. The van der Waals surface area contributed by atoms with Crippen LogP contribution in [-0.4, -0.2) is 30.6 Å². The fourth-order valence-corrected chi connectivity index (χ4v) is 3.21. The van der Waals surface area contributed by atoms with Gasteiger partial charge in [-0.05, 0) is 26.3 Å². The summed E-state index contributed by atoms with van der Waals surface area (Å²) in [5.74, 6) is 1.72. The predicted molar refractivity (Wildman–Crippen MR) is 121 cm³/mol. The SMILES string of the molecule is CCNC(=NCc1ccccc1OCC)NCCc1ncc(CC)s1.I. The third kappa shape index (κ3) is 7.49. The lowest BCUT2D eigenvalue weighted by Gasteiger charge is -2.12. The van der Waals surface area contributed by atoms with E-state index in [1.165, 1.54) is 9.88 Å². The number of rotatable bonds is 9.